The normalized spacial score (nSPS) is 23.6. The van der Waals surface area contributed by atoms with Crippen LogP contribution in [0.4, 0.5) is 5.13 Å². The Kier molecular flexibility index (Phi) is 2.70. The summed E-state index contributed by atoms with van der Waals surface area (Å²) < 4.78 is 1.04. The van der Waals surface area contributed by atoms with Crippen molar-refractivity contribution in [1.82, 2.24) is 4.98 Å². The van der Waals surface area contributed by atoms with Gasteiger partial charge in [-0.2, -0.15) is 0 Å². The molecule has 18 heavy (non-hydrogen) atoms. The first kappa shape index (κ1) is 11.5. The van der Waals surface area contributed by atoms with Crippen LogP contribution in [0, 0.1) is 5.92 Å². The van der Waals surface area contributed by atoms with E-state index >= 15 is 0 Å². The molecule has 0 spiro atoms. The molecule has 2 aromatic rings. The molecule has 1 aliphatic rings. The number of nitrogens with zero attached hydrogens (tertiary/aromatic N) is 1. The molecule has 0 radical (unpaired) electrons. The molecule has 4 nitrogen and oxygen atoms in total. The van der Waals surface area contributed by atoms with Gasteiger partial charge in [-0.05, 0) is 36.5 Å². The van der Waals surface area contributed by atoms with Gasteiger partial charge in [-0.1, -0.05) is 23.8 Å². The molecule has 0 amide bonds. The van der Waals surface area contributed by atoms with Crippen LogP contribution in [0.3, 0.4) is 0 Å². The highest BCUT2D eigenvalue weighted by molar-refractivity contribution is 7.22. The van der Waals surface area contributed by atoms with Crippen molar-refractivity contribution in [3.63, 3.8) is 0 Å². The van der Waals surface area contributed by atoms with Crippen molar-refractivity contribution >= 4 is 32.7 Å². The lowest BCUT2D eigenvalue weighted by Gasteiger charge is -2.15. The molecule has 1 saturated carbocycles. The standard InChI is InChI=1S/C13H14N2O2S/c14-13-15-10-5-4-7(6-11(10)18-13)8-2-1-3-9(8)12(16)17/h4-6,8-9H,1-3H2,(H2,14,15)(H,16,17)/t8-,9+/m0/s1. The molecule has 1 heterocycles. The number of benzene rings is 1. The van der Waals surface area contributed by atoms with Crippen molar-refractivity contribution in [3.8, 4) is 0 Å². The molecular formula is C13H14N2O2S. The number of aliphatic carboxylic acids is 1. The smallest absolute Gasteiger partial charge is 0.307 e. The molecule has 1 aliphatic carbocycles. The van der Waals surface area contributed by atoms with Gasteiger partial charge in [0.05, 0.1) is 16.1 Å². The molecular weight excluding hydrogens is 248 g/mol. The highest BCUT2D eigenvalue weighted by atomic mass is 32.1. The van der Waals surface area contributed by atoms with Crippen molar-refractivity contribution in [1.29, 1.82) is 0 Å². The molecule has 5 heteroatoms. The second-order valence-electron chi connectivity index (χ2n) is 4.76. The van der Waals surface area contributed by atoms with Crippen LogP contribution in [0.1, 0.15) is 30.7 Å². The van der Waals surface area contributed by atoms with Crippen LogP contribution in [0.2, 0.25) is 0 Å². The molecule has 1 aromatic heterocycles. The van der Waals surface area contributed by atoms with E-state index < -0.39 is 5.97 Å². The Hall–Kier alpha value is -1.62. The van der Waals surface area contributed by atoms with Crippen molar-refractivity contribution < 1.29 is 9.90 Å². The van der Waals surface area contributed by atoms with Crippen LogP contribution in [0.25, 0.3) is 10.2 Å². The van der Waals surface area contributed by atoms with E-state index in [9.17, 15) is 9.90 Å². The summed E-state index contributed by atoms with van der Waals surface area (Å²) in [5.74, 6) is -0.788. The number of rotatable bonds is 2. The van der Waals surface area contributed by atoms with Crippen LogP contribution < -0.4 is 5.73 Å². The third kappa shape index (κ3) is 1.84. The van der Waals surface area contributed by atoms with Gasteiger partial charge < -0.3 is 10.8 Å². The van der Waals surface area contributed by atoms with E-state index in [1.807, 2.05) is 12.1 Å². The quantitative estimate of drug-likeness (QED) is 0.872. The fraction of sp³-hybridized carbons (Fsp3) is 0.385. The molecule has 0 aliphatic heterocycles. The topological polar surface area (TPSA) is 76.2 Å². The molecule has 0 saturated heterocycles. The lowest BCUT2D eigenvalue weighted by Crippen LogP contribution is -2.16. The van der Waals surface area contributed by atoms with E-state index in [2.05, 4.69) is 11.1 Å². The van der Waals surface area contributed by atoms with Crippen LogP contribution >= 0.6 is 11.3 Å². The summed E-state index contributed by atoms with van der Waals surface area (Å²) >= 11 is 1.45. The van der Waals surface area contributed by atoms with Gasteiger partial charge in [-0.3, -0.25) is 4.79 Å². The van der Waals surface area contributed by atoms with Crippen molar-refractivity contribution in [3.05, 3.63) is 23.8 Å². The number of carbonyl (C=O) groups is 1. The summed E-state index contributed by atoms with van der Waals surface area (Å²) in [6, 6.07) is 5.98. The van der Waals surface area contributed by atoms with E-state index in [1.165, 1.54) is 11.3 Å². The first-order chi connectivity index (χ1) is 8.65. The van der Waals surface area contributed by atoms with Crippen LogP contribution in [-0.4, -0.2) is 16.1 Å². The maximum atomic E-state index is 11.2. The van der Waals surface area contributed by atoms with Gasteiger partial charge in [0, 0.05) is 0 Å². The third-order valence-corrected chi connectivity index (χ3v) is 4.54. The summed E-state index contributed by atoms with van der Waals surface area (Å²) in [5.41, 5.74) is 7.68. The molecule has 2 atom stereocenters. The lowest BCUT2D eigenvalue weighted by atomic mass is 9.89. The number of thiazole rings is 1. The minimum atomic E-state index is -0.679. The molecule has 0 bridgehead atoms. The van der Waals surface area contributed by atoms with E-state index in [4.69, 9.17) is 5.73 Å². The summed E-state index contributed by atoms with van der Waals surface area (Å²) in [6.45, 7) is 0. The highest BCUT2D eigenvalue weighted by Crippen LogP contribution is 2.41. The summed E-state index contributed by atoms with van der Waals surface area (Å²) in [6.07, 6.45) is 2.73. The Morgan fingerprint density at radius 3 is 3.06 bits per heavy atom. The van der Waals surface area contributed by atoms with Crippen LogP contribution in [0.15, 0.2) is 18.2 Å². The van der Waals surface area contributed by atoms with Crippen molar-refractivity contribution in [2.75, 3.05) is 5.73 Å². The van der Waals surface area contributed by atoms with Crippen molar-refractivity contribution in [2.24, 2.45) is 5.92 Å². The Labute approximate surface area is 108 Å². The SMILES string of the molecule is Nc1nc2ccc([C@@H]3CCC[C@H]3C(=O)O)cc2s1. The van der Waals surface area contributed by atoms with Gasteiger partial charge in [0.15, 0.2) is 5.13 Å². The van der Waals surface area contributed by atoms with Crippen LogP contribution in [0.5, 0.6) is 0 Å². The summed E-state index contributed by atoms with van der Waals surface area (Å²) in [4.78, 5) is 15.4. The number of nitrogen functional groups attached to an aromatic ring is 1. The zero-order valence-corrected chi connectivity index (χ0v) is 10.6. The van der Waals surface area contributed by atoms with Crippen molar-refractivity contribution in [2.45, 2.75) is 25.2 Å². The second-order valence-corrected chi connectivity index (χ2v) is 5.82. The molecule has 3 rings (SSSR count). The molecule has 1 aromatic carbocycles. The Morgan fingerprint density at radius 2 is 2.28 bits per heavy atom. The van der Waals surface area contributed by atoms with Gasteiger partial charge in [0.2, 0.25) is 0 Å². The van der Waals surface area contributed by atoms with Gasteiger partial charge in [-0.15, -0.1) is 0 Å². The zero-order valence-electron chi connectivity index (χ0n) is 9.80. The number of fused-ring (bicyclic) bond motifs is 1. The maximum absolute atomic E-state index is 11.2. The summed E-state index contributed by atoms with van der Waals surface area (Å²) in [5, 5.41) is 9.79. The predicted octanol–water partition coefficient (Wildman–Crippen LogP) is 2.85. The Bertz CT molecular complexity index is 608. The zero-order chi connectivity index (χ0) is 12.7. The number of aromatic nitrogens is 1. The fourth-order valence-corrected chi connectivity index (χ4v) is 3.63. The number of hydrogen-bond donors (Lipinski definition) is 2. The van der Waals surface area contributed by atoms with Crippen LogP contribution in [-0.2, 0) is 4.79 Å². The lowest BCUT2D eigenvalue weighted by molar-refractivity contribution is -0.142. The minimum Gasteiger partial charge on any atom is -0.481 e. The number of nitrogens with two attached hydrogens (primary N) is 1. The van der Waals surface area contributed by atoms with E-state index in [0.29, 0.717) is 5.13 Å². The molecule has 3 N–H and O–H groups in total. The average molecular weight is 262 g/mol. The van der Waals surface area contributed by atoms with E-state index in [1.54, 1.807) is 0 Å². The minimum absolute atomic E-state index is 0.134. The second kappa shape index (κ2) is 4.24. The molecule has 0 unspecified atom stereocenters. The first-order valence-corrected chi connectivity index (χ1v) is 6.85. The Morgan fingerprint density at radius 1 is 1.44 bits per heavy atom. The first-order valence-electron chi connectivity index (χ1n) is 6.04. The maximum Gasteiger partial charge on any atom is 0.307 e. The Balaban J connectivity index is 2.00. The third-order valence-electron chi connectivity index (χ3n) is 3.69. The number of anilines is 1. The molecule has 94 valence electrons. The number of hydrogen-bond acceptors (Lipinski definition) is 4. The number of carboxylic acid groups (broad SMARTS) is 1. The predicted molar refractivity (Wildman–Crippen MR) is 71.8 cm³/mol. The van der Waals surface area contributed by atoms with E-state index in [0.717, 1.165) is 35.0 Å². The number of carboxylic acids is 1. The van der Waals surface area contributed by atoms with Gasteiger partial charge in [-0.25, -0.2) is 4.98 Å². The highest BCUT2D eigenvalue weighted by Gasteiger charge is 2.33. The van der Waals surface area contributed by atoms with Gasteiger partial charge >= 0.3 is 5.97 Å². The van der Waals surface area contributed by atoms with Gasteiger partial charge in [0.25, 0.3) is 0 Å². The largest absolute Gasteiger partial charge is 0.481 e. The molecule has 1 fully saturated rings. The average Bonchev–Trinajstić information content (AvgIpc) is 2.91. The monoisotopic (exact) mass is 262 g/mol. The van der Waals surface area contributed by atoms with E-state index in [-0.39, 0.29) is 11.8 Å². The summed E-state index contributed by atoms with van der Waals surface area (Å²) in [7, 11) is 0. The fourth-order valence-electron chi connectivity index (χ4n) is 2.84. The van der Waals surface area contributed by atoms with Gasteiger partial charge in [0.1, 0.15) is 0 Å².